The number of carbonyl (C=O) groups is 1. The second-order valence-electron chi connectivity index (χ2n) is 4.58. The quantitative estimate of drug-likeness (QED) is 0.764. The van der Waals surface area contributed by atoms with Crippen molar-refractivity contribution < 1.29 is 9.18 Å². The summed E-state index contributed by atoms with van der Waals surface area (Å²) in [5.74, 6) is -0.410. The van der Waals surface area contributed by atoms with Gasteiger partial charge < -0.3 is 5.32 Å². The standard InChI is InChI=1S/C13H16Br2FNO/c1-8(2)5-10(7-14)17-13(18)11-6-9(15)3-4-12(11)16/h3-4,6,8,10H,5,7H2,1-2H3,(H,17,18). The molecule has 0 aliphatic carbocycles. The highest BCUT2D eigenvalue weighted by molar-refractivity contribution is 9.10. The molecule has 0 saturated heterocycles. The van der Waals surface area contributed by atoms with E-state index in [1.54, 1.807) is 6.07 Å². The maximum atomic E-state index is 13.5. The van der Waals surface area contributed by atoms with Gasteiger partial charge in [-0.05, 0) is 30.5 Å². The molecular formula is C13H16Br2FNO. The maximum Gasteiger partial charge on any atom is 0.254 e. The van der Waals surface area contributed by atoms with E-state index in [4.69, 9.17) is 0 Å². The van der Waals surface area contributed by atoms with Gasteiger partial charge in [-0.2, -0.15) is 0 Å². The zero-order valence-corrected chi connectivity index (χ0v) is 13.5. The number of rotatable bonds is 5. The smallest absolute Gasteiger partial charge is 0.254 e. The molecule has 5 heteroatoms. The summed E-state index contributed by atoms with van der Waals surface area (Å²) in [5, 5.41) is 3.49. The number of benzene rings is 1. The molecule has 1 aromatic rings. The van der Waals surface area contributed by atoms with Crippen molar-refractivity contribution in [3.05, 3.63) is 34.1 Å². The Hall–Kier alpha value is -0.420. The SMILES string of the molecule is CC(C)CC(CBr)NC(=O)c1cc(Br)ccc1F. The van der Waals surface area contributed by atoms with Crippen molar-refractivity contribution in [3.8, 4) is 0 Å². The van der Waals surface area contributed by atoms with Crippen LogP contribution in [0, 0.1) is 11.7 Å². The molecule has 1 N–H and O–H groups in total. The second-order valence-corrected chi connectivity index (χ2v) is 6.14. The molecule has 1 unspecified atom stereocenters. The van der Waals surface area contributed by atoms with Gasteiger partial charge in [0.25, 0.3) is 5.91 Å². The molecule has 0 aliphatic heterocycles. The lowest BCUT2D eigenvalue weighted by atomic mass is 10.0. The van der Waals surface area contributed by atoms with Crippen LogP contribution >= 0.6 is 31.9 Å². The fourth-order valence-electron chi connectivity index (χ4n) is 1.66. The van der Waals surface area contributed by atoms with Crippen LogP contribution in [-0.4, -0.2) is 17.3 Å². The lowest BCUT2D eigenvalue weighted by molar-refractivity contribution is 0.0933. The molecule has 100 valence electrons. The van der Waals surface area contributed by atoms with Gasteiger partial charge in [0.2, 0.25) is 0 Å². The Morgan fingerprint density at radius 2 is 2.11 bits per heavy atom. The van der Waals surface area contributed by atoms with Crippen LogP contribution in [0.25, 0.3) is 0 Å². The van der Waals surface area contributed by atoms with Crippen LogP contribution in [0.4, 0.5) is 4.39 Å². The molecule has 0 bridgehead atoms. The van der Waals surface area contributed by atoms with E-state index in [9.17, 15) is 9.18 Å². The van der Waals surface area contributed by atoms with Gasteiger partial charge in [0.1, 0.15) is 5.82 Å². The molecule has 18 heavy (non-hydrogen) atoms. The van der Waals surface area contributed by atoms with Crippen LogP contribution in [-0.2, 0) is 0 Å². The van der Waals surface area contributed by atoms with E-state index in [2.05, 4.69) is 51.0 Å². The first-order valence-electron chi connectivity index (χ1n) is 5.76. The van der Waals surface area contributed by atoms with E-state index in [0.29, 0.717) is 15.7 Å². The molecule has 0 spiro atoms. The van der Waals surface area contributed by atoms with Gasteiger partial charge in [0.05, 0.1) is 5.56 Å². The summed E-state index contributed by atoms with van der Waals surface area (Å²) in [6, 6.07) is 4.36. The van der Waals surface area contributed by atoms with Gasteiger partial charge in [-0.25, -0.2) is 4.39 Å². The Morgan fingerprint density at radius 1 is 1.44 bits per heavy atom. The first-order chi connectivity index (χ1) is 8.43. The zero-order valence-electron chi connectivity index (χ0n) is 10.3. The summed E-state index contributed by atoms with van der Waals surface area (Å²) in [4.78, 5) is 12.0. The average Bonchev–Trinajstić information content (AvgIpc) is 2.30. The van der Waals surface area contributed by atoms with E-state index >= 15 is 0 Å². The van der Waals surface area contributed by atoms with Crippen molar-refractivity contribution in [1.29, 1.82) is 0 Å². The minimum atomic E-state index is -0.506. The molecule has 1 aromatic carbocycles. The highest BCUT2D eigenvalue weighted by Gasteiger charge is 2.17. The molecule has 0 aromatic heterocycles. The van der Waals surface area contributed by atoms with Crippen molar-refractivity contribution in [1.82, 2.24) is 5.32 Å². The van der Waals surface area contributed by atoms with Gasteiger partial charge in [0.15, 0.2) is 0 Å². The van der Waals surface area contributed by atoms with Crippen molar-refractivity contribution in [2.45, 2.75) is 26.3 Å². The lowest BCUT2D eigenvalue weighted by Crippen LogP contribution is -2.37. The fraction of sp³-hybridized carbons (Fsp3) is 0.462. The Labute approximate surface area is 124 Å². The molecule has 1 atom stereocenters. The van der Waals surface area contributed by atoms with Crippen LogP contribution in [0.15, 0.2) is 22.7 Å². The third kappa shape index (κ3) is 4.69. The third-order valence-electron chi connectivity index (χ3n) is 2.45. The molecule has 2 nitrogen and oxygen atoms in total. The van der Waals surface area contributed by atoms with E-state index in [0.717, 1.165) is 6.42 Å². The Morgan fingerprint density at radius 3 is 2.67 bits per heavy atom. The molecule has 0 radical (unpaired) electrons. The second kappa shape index (κ2) is 7.24. The fourth-order valence-corrected chi connectivity index (χ4v) is 2.45. The van der Waals surface area contributed by atoms with E-state index in [1.165, 1.54) is 12.1 Å². The summed E-state index contributed by atoms with van der Waals surface area (Å²) in [5.41, 5.74) is 0.0686. The van der Waals surface area contributed by atoms with E-state index in [1.807, 2.05) is 0 Å². The summed E-state index contributed by atoms with van der Waals surface area (Å²) in [6.07, 6.45) is 0.854. The number of halogens is 3. The number of carbonyl (C=O) groups excluding carboxylic acids is 1. The summed E-state index contributed by atoms with van der Waals surface area (Å²) < 4.78 is 14.2. The predicted molar refractivity (Wildman–Crippen MR) is 78.6 cm³/mol. The van der Waals surface area contributed by atoms with Gasteiger partial charge >= 0.3 is 0 Å². The number of amides is 1. The normalized spacial score (nSPS) is 12.6. The first-order valence-corrected chi connectivity index (χ1v) is 7.67. The summed E-state index contributed by atoms with van der Waals surface area (Å²) in [7, 11) is 0. The van der Waals surface area contributed by atoms with Crippen LogP contribution in [0.3, 0.4) is 0 Å². The summed E-state index contributed by atoms with van der Waals surface area (Å²) >= 11 is 6.59. The number of hydrogen-bond acceptors (Lipinski definition) is 1. The molecule has 0 fully saturated rings. The van der Waals surface area contributed by atoms with Crippen molar-refractivity contribution >= 4 is 37.8 Å². The van der Waals surface area contributed by atoms with Gasteiger partial charge in [-0.15, -0.1) is 0 Å². The summed E-state index contributed by atoms with van der Waals surface area (Å²) in [6.45, 7) is 4.17. The molecular weight excluding hydrogens is 365 g/mol. The van der Waals surface area contributed by atoms with E-state index < -0.39 is 5.82 Å². The Bertz CT molecular complexity index is 423. The highest BCUT2D eigenvalue weighted by Crippen LogP contribution is 2.16. The number of alkyl halides is 1. The largest absolute Gasteiger partial charge is 0.348 e. The van der Waals surface area contributed by atoms with E-state index in [-0.39, 0.29) is 17.5 Å². The Kier molecular flexibility index (Phi) is 6.29. The zero-order chi connectivity index (χ0) is 13.7. The first kappa shape index (κ1) is 15.6. The number of hydrogen-bond donors (Lipinski definition) is 1. The average molecular weight is 381 g/mol. The highest BCUT2D eigenvalue weighted by atomic mass is 79.9. The van der Waals surface area contributed by atoms with Crippen LogP contribution in [0.5, 0.6) is 0 Å². The van der Waals surface area contributed by atoms with Gasteiger partial charge in [-0.1, -0.05) is 45.7 Å². The molecule has 0 heterocycles. The lowest BCUT2D eigenvalue weighted by Gasteiger charge is -2.18. The van der Waals surface area contributed by atoms with Crippen LogP contribution < -0.4 is 5.32 Å². The van der Waals surface area contributed by atoms with Crippen LogP contribution in [0.2, 0.25) is 0 Å². The van der Waals surface area contributed by atoms with Gasteiger partial charge in [-0.3, -0.25) is 4.79 Å². The minimum absolute atomic E-state index is 0.0101. The monoisotopic (exact) mass is 379 g/mol. The number of nitrogens with one attached hydrogen (secondary N) is 1. The molecule has 1 amide bonds. The van der Waals surface area contributed by atoms with Crippen molar-refractivity contribution in [2.75, 3.05) is 5.33 Å². The van der Waals surface area contributed by atoms with Crippen molar-refractivity contribution in [2.24, 2.45) is 5.92 Å². The topological polar surface area (TPSA) is 29.1 Å². The Balaban J connectivity index is 2.77. The van der Waals surface area contributed by atoms with Crippen molar-refractivity contribution in [3.63, 3.8) is 0 Å². The molecule has 1 rings (SSSR count). The minimum Gasteiger partial charge on any atom is -0.348 e. The predicted octanol–water partition coefficient (Wildman–Crippen LogP) is 4.13. The molecule has 0 saturated carbocycles. The van der Waals surface area contributed by atoms with Gasteiger partial charge in [0, 0.05) is 15.8 Å². The maximum absolute atomic E-state index is 13.5. The third-order valence-corrected chi connectivity index (χ3v) is 3.73. The van der Waals surface area contributed by atoms with Crippen LogP contribution in [0.1, 0.15) is 30.6 Å². The molecule has 0 aliphatic rings.